The molecular formula is C23H36N2O3. The molecular weight excluding hydrogens is 352 g/mol. The topological polar surface area (TPSA) is 67.4 Å². The number of nitrogens with one attached hydrogen (secondary N) is 2. The van der Waals surface area contributed by atoms with Gasteiger partial charge in [-0.3, -0.25) is 9.59 Å². The van der Waals surface area contributed by atoms with E-state index in [1.807, 2.05) is 12.1 Å². The van der Waals surface area contributed by atoms with E-state index >= 15 is 0 Å². The monoisotopic (exact) mass is 388 g/mol. The van der Waals surface area contributed by atoms with Gasteiger partial charge in [0, 0.05) is 25.4 Å². The molecule has 0 saturated heterocycles. The molecule has 2 amide bonds. The van der Waals surface area contributed by atoms with Gasteiger partial charge in [-0.25, -0.2) is 0 Å². The number of hydrogen-bond acceptors (Lipinski definition) is 3. The third kappa shape index (κ3) is 7.91. The molecule has 1 aromatic carbocycles. The minimum Gasteiger partial charge on any atom is -0.494 e. The molecule has 2 N–H and O–H groups in total. The lowest BCUT2D eigenvalue weighted by molar-refractivity contribution is -0.126. The van der Waals surface area contributed by atoms with Crippen LogP contribution in [0.2, 0.25) is 0 Å². The molecule has 0 aliphatic heterocycles. The Bertz CT molecular complexity index is 614. The summed E-state index contributed by atoms with van der Waals surface area (Å²) in [6, 6.07) is 8.14. The first-order valence-electron chi connectivity index (χ1n) is 10.6. The second kappa shape index (κ2) is 11.1. The summed E-state index contributed by atoms with van der Waals surface area (Å²) >= 11 is 0. The minimum absolute atomic E-state index is 0.00130. The highest BCUT2D eigenvalue weighted by molar-refractivity contribution is 5.79. The molecule has 0 atom stereocenters. The van der Waals surface area contributed by atoms with E-state index in [-0.39, 0.29) is 23.1 Å². The second-order valence-corrected chi connectivity index (χ2v) is 8.70. The van der Waals surface area contributed by atoms with Gasteiger partial charge in [0.05, 0.1) is 6.61 Å². The van der Waals surface area contributed by atoms with Gasteiger partial charge in [-0.2, -0.15) is 0 Å². The van der Waals surface area contributed by atoms with Crippen molar-refractivity contribution in [2.75, 3.05) is 19.7 Å². The number of hydrogen-bond donors (Lipinski definition) is 2. The Morgan fingerprint density at radius 1 is 1.00 bits per heavy atom. The van der Waals surface area contributed by atoms with Crippen molar-refractivity contribution in [3.8, 4) is 5.75 Å². The maximum Gasteiger partial charge on any atom is 0.223 e. The van der Waals surface area contributed by atoms with Crippen molar-refractivity contribution in [3.63, 3.8) is 0 Å². The van der Waals surface area contributed by atoms with Crippen LogP contribution >= 0.6 is 0 Å². The molecule has 1 fully saturated rings. The van der Waals surface area contributed by atoms with Crippen molar-refractivity contribution in [1.29, 1.82) is 0 Å². The van der Waals surface area contributed by atoms with E-state index in [0.29, 0.717) is 32.5 Å². The zero-order valence-corrected chi connectivity index (χ0v) is 17.7. The fraction of sp³-hybridized carbons (Fsp3) is 0.652. The van der Waals surface area contributed by atoms with Gasteiger partial charge in [0.25, 0.3) is 0 Å². The smallest absolute Gasteiger partial charge is 0.223 e. The fourth-order valence-electron chi connectivity index (χ4n) is 3.46. The lowest BCUT2D eigenvalue weighted by Crippen LogP contribution is -2.38. The number of benzene rings is 1. The van der Waals surface area contributed by atoms with Crippen molar-refractivity contribution in [2.24, 2.45) is 5.92 Å². The van der Waals surface area contributed by atoms with Crippen LogP contribution in [0.3, 0.4) is 0 Å². The van der Waals surface area contributed by atoms with E-state index in [1.54, 1.807) is 0 Å². The lowest BCUT2D eigenvalue weighted by Gasteiger charge is -2.20. The van der Waals surface area contributed by atoms with Crippen LogP contribution in [0.1, 0.15) is 71.3 Å². The van der Waals surface area contributed by atoms with Crippen LogP contribution in [0.5, 0.6) is 5.75 Å². The molecule has 2 rings (SSSR count). The molecule has 0 unspecified atom stereocenters. The zero-order chi connectivity index (χ0) is 20.4. The second-order valence-electron chi connectivity index (χ2n) is 8.70. The average Bonchev–Trinajstić information content (AvgIpc) is 2.69. The molecule has 5 nitrogen and oxygen atoms in total. The number of ether oxygens (including phenoxy) is 1. The molecule has 1 saturated carbocycles. The van der Waals surface area contributed by atoms with Crippen LogP contribution in [0.4, 0.5) is 0 Å². The van der Waals surface area contributed by atoms with Crippen LogP contribution in [0.25, 0.3) is 0 Å². The summed E-state index contributed by atoms with van der Waals surface area (Å²) < 4.78 is 5.71. The molecule has 1 aliphatic rings. The minimum atomic E-state index is -0.00130. The van der Waals surface area contributed by atoms with E-state index in [9.17, 15) is 9.59 Å². The highest BCUT2D eigenvalue weighted by atomic mass is 16.5. The van der Waals surface area contributed by atoms with E-state index in [4.69, 9.17) is 4.74 Å². The van der Waals surface area contributed by atoms with Crippen molar-refractivity contribution in [1.82, 2.24) is 10.6 Å². The average molecular weight is 389 g/mol. The standard InChI is InChI=1S/C23H36N2O3/c1-23(2,3)19-11-13-20(14-12-19)28-17-7-10-21(26)24-15-16-25-22(27)18-8-5-4-6-9-18/h11-14,18H,4-10,15-17H2,1-3H3,(H,24,26)(H,25,27). The SMILES string of the molecule is CC(C)(C)c1ccc(OCCCC(=O)NCCNC(=O)C2CCCCC2)cc1. The van der Waals surface area contributed by atoms with E-state index in [0.717, 1.165) is 31.4 Å². The van der Waals surface area contributed by atoms with Gasteiger partial charge in [0.15, 0.2) is 0 Å². The number of amides is 2. The highest BCUT2D eigenvalue weighted by Gasteiger charge is 2.20. The van der Waals surface area contributed by atoms with Gasteiger partial charge in [0.2, 0.25) is 11.8 Å². The molecule has 0 aromatic heterocycles. The summed E-state index contributed by atoms with van der Waals surface area (Å²) in [5.74, 6) is 1.14. The summed E-state index contributed by atoms with van der Waals surface area (Å²) in [5, 5.41) is 5.79. The van der Waals surface area contributed by atoms with Crippen LogP contribution in [-0.4, -0.2) is 31.5 Å². The van der Waals surface area contributed by atoms with Crippen LogP contribution < -0.4 is 15.4 Å². The Balaban J connectivity index is 1.52. The van der Waals surface area contributed by atoms with Gasteiger partial charge in [-0.1, -0.05) is 52.2 Å². The van der Waals surface area contributed by atoms with E-state index in [2.05, 4.69) is 43.5 Å². The largest absolute Gasteiger partial charge is 0.494 e. The van der Waals surface area contributed by atoms with Crippen molar-refractivity contribution >= 4 is 11.8 Å². The molecule has 156 valence electrons. The summed E-state index contributed by atoms with van der Waals surface area (Å²) in [6.45, 7) is 8.04. The van der Waals surface area contributed by atoms with Crippen LogP contribution in [0.15, 0.2) is 24.3 Å². The number of carbonyl (C=O) groups is 2. The lowest BCUT2D eigenvalue weighted by atomic mass is 9.87. The Labute approximate surface area is 169 Å². The van der Waals surface area contributed by atoms with Crippen molar-refractivity contribution in [2.45, 2.75) is 71.1 Å². The molecule has 5 heteroatoms. The van der Waals surface area contributed by atoms with Gasteiger partial charge in [-0.15, -0.1) is 0 Å². The van der Waals surface area contributed by atoms with Gasteiger partial charge in [-0.05, 0) is 42.4 Å². The molecule has 28 heavy (non-hydrogen) atoms. The molecule has 0 radical (unpaired) electrons. The Hall–Kier alpha value is -2.04. The third-order valence-corrected chi connectivity index (χ3v) is 5.26. The summed E-state index contributed by atoms with van der Waals surface area (Å²) in [5.41, 5.74) is 1.40. The van der Waals surface area contributed by atoms with Gasteiger partial charge >= 0.3 is 0 Å². The zero-order valence-electron chi connectivity index (χ0n) is 17.7. The Morgan fingerprint density at radius 2 is 1.64 bits per heavy atom. The van der Waals surface area contributed by atoms with Crippen molar-refractivity contribution < 1.29 is 14.3 Å². The van der Waals surface area contributed by atoms with Gasteiger partial charge < -0.3 is 15.4 Å². The van der Waals surface area contributed by atoms with Gasteiger partial charge in [0.1, 0.15) is 5.75 Å². The number of carbonyl (C=O) groups excluding carboxylic acids is 2. The predicted octanol–water partition coefficient (Wildman–Crippen LogP) is 3.96. The first kappa shape index (κ1) is 22.3. The molecule has 0 spiro atoms. The molecule has 0 bridgehead atoms. The van der Waals surface area contributed by atoms with Crippen LogP contribution in [0, 0.1) is 5.92 Å². The molecule has 1 aliphatic carbocycles. The van der Waals surface area contributed by atoms with E-state index < -0.39 is 0 Å². The third-order valence-electron chi connectivity index (χ3n) is 5.26. The maximum absolute atomic E-state index is 12.0. The summed E-state index contributed by atoms with van der Waals surface area (Å²) in [4.78, 5) is 23.9. The summed E-state index contributed by atoms with van der Waals surface area (Å²) in [6.07, 6.45) is 6.63. The highest BCUT2D eigenvalue weighted by Crippen LogP contribution is 2.24. The first-order chi connectivity index (χ1) is 13.4. The molecule has 1 aromatic rings. The Kier molecular flexibility index (Phi) is 8.81. The first-order valence-corrected chi connectivity index (χ1v) is 10.6. The quantitative estimate of drug-likeness (QED) is 0.629. The predicted molar refractivity (Wildman–Crippen MR) is 112 cm³/mol. The summed E-state index contributed by atoms with van der Waals surface area (Å²) in [7, 11) is 0. The van der Waals surface area contributed by atoms with Crippen molar-refractivity contribution in [3.05, 3.63) is 29.8 Å². The Morgan fingerprint density at radius 3 is 2.29 bits per heavy atom. The number of rotatable bonds is 9. The molecule has 0 heterocycles. The van der Waals surface area contributed by atoms with E-state index in [1.165, 1.54) is 12.0 Å². The maximum atomic E-state index is 12.0. The fourth-order valence-corrected chi connectivity index (χ4v) is 3.46. The van der Waals surface area contributed by atoms with Crippen LogP contribution in [-0.2, 0) is 15.0 Å². The normalized spacial score (nSPS) is 15.1.